The highest BCUT2D eigenvalue weighted by molar-refractivity contribution is 5.86. The van der Waals surface area contributed by atoms with Crippen molar-refractivity contribution in [3.8, 4) is 0 Å². The molecule has 7 heavy (non-hydrogen) atoms. The first-order chi connectivity index (χ1) is 1.73. The van der Waals surface area contributed by atoms with Crippen LogP contribution in [0.4, 0.5) is 0 Å². The van der Waals surface area contributed by atoms with Crippen LogP contribution < -0.4 is 5.73 Å². The monoisotopic (exact) mass is 167 g/mol. The van der Waals surface area contributed by atoms with Crippen molar-refractivity contribution in [3.63, 3.8) is 0 Å². The lowest BCUT2D eigenvalue weighted by atomic mass is 10.8. The van der Waals surface area contributed by atoms with Crippen molar-refractivity contribution in [1.29, 1.82) is 0 Å². The summed E-state index contributed by atoms with van der Waals surface area (Å²) < 4.78 is 0. The highest BCUT2D eigenvalue weighted by atomic mass is 35.5. The van der Waals surface area contributed by atoms with Crippen LogP contribution in [-0.2, 0) is 4.79 Å². The Bertz CT molecular complexity index is 35.9. The molecule has 2 nitrogen and oxygen atoms in total. The van der Waals surface area contributed by atoms with E-state index in [2.05, 4.69) is 5.73 Å². The number of amides is 1. The molecule has 0 fully saturated rings. The zero-order valence-corrected chi connectivity index (χ0v) is 6.16. The van der Waals surface area contributed by atoms with E-state index in [4.69, 9.17) is 0 Å². The first-order valence-corrected chi connectivity index (χ1v) is 0.993. The minimum atomic E-state index is -0.333. The summed E-state index contributed by atoms with van der Waals surface area (Å²) in [5.74, 6) is -0.333. The number of primary amides is 1. The van der Waals surface area contributed by atoms with E-state index in [-0.39, 0.29) is 43.1 Å². The van der Waals surface area contributed by atoms with Crippen LogP contribution in [0.2, 0.25) is 0 Å². The number of halogens is 3. The zero-order chi connectivity index (χ0) is 3.58. The molecule has 48 valence electrons. The van der Waals surface area contributed by atoms with E-state index in [1.54, 1.807) is 0 Å². The molecule has 1 amide bonds. The lowest BCUT2D eigenvalue weighted by molar-refractivity contribution is -0.115. The third-order valence-corrected chi connectivity index (χ3v) is 0. The summed E-state index contributed by atoms with van der Waals surface area (Å²) in [7, 11) is 0. The molecule has 0 atom stereocenters. The second-order valence-electron chi connectivity index (χ2n) is 0.611. The minimum Gasteiger partial charge on any atom is -0.370 e. The maximum atomic E-state index is 9.22. The lowest BCUT2D eigenvalue weighted by Crippen LogP contribution is -2.01. The van der Waals surface area contributed by atoms with Crippen molar-refractivity contribution in [2.45, 2.75) is 6.92 Å². The average Bonchev–Trinajstić information content (AvgIpc) is 0.811. The maximum Gasteiger partial charge on any atom is 0.214 e. The molecule has 0 aromatic rings. The number of hydrogen-bond donors (Lipinski definition) is 1. The van der Waals surface area contributed by atoms with E-state index in [0.717, 1.165) is 0 Å². The van der Waals surface area contributed by atoms with Crippen molar-refractivity contribution >= 4 is 43.1 Å². The number of rotatable bonds is 0. The van der Waals surface area contributed by atoms with E-state index >= 15 is 0 Å². The van der Waals surface area contributed by atoms with Crippen molar-refractivity contribution in [2.75, 3.05) is 0 Å². The van der Waals surface area contributed by atoms with E-state index < -0.39 is 0 Å². The SMILES string of the molecule is CC(N)=O.Cl.Cl.Cl. The Kier molecular flexibility index (Phi) is 61.2. The van der Waals surface area contributed by atoms with Crippen LogP contribution in [0.25, 0.3) is 0 Å². The maximum absolute atomic E-state index is 9.22. The summed E-state index contributed by atoms with van der Waals surface area (Å²) in [6, 6.07) is 0. The molecule has 0 saturated heterocycles. The molecule has 0 aliphatic heterocycles. The summed E-state index contributed by atoms with van der Waals surface area (Å²) >= 11 is 0. The number of carbonyl (C=O) groups excluding carboxylic acids is 1. The van der Waals surface area contributed by atoms with Gasteiger partial charge in [-0.1, -0.05) is 0 Å². The molecule has 0 bridgehead atoms. The molecule has 0 aliphatic rings. The number of hydrogen-bond acceptors (Lipinski definition) is 1. The summed E-state index contributed by atoms with van der Waals surface area (Å²) in [6.45, 7) is 1.31. The first-order valence-electron chi connectivity index (χ1n) is 0.993. The average molecular weight is 168 g/mol. The van der Waals surface area contributed by atoms with Gasteiger partial charge in [0.05, 0.1) is 0 Å². The van der Waals surface area contributed by atoms with Crippen LogP contribution in [0.15, 0.2) is 0 Å². The molecule has 0 heterocycles. The van der Waals surface area contributed by atoms with Crippen LogP contribution in [0, 0.1) is 0 Å². The molecule has 5 heteroatoms. The van der Waals surface area contributed by atoms with Crippen molar-refractivity contribution in [3.05, 3.63) is 0 Å². The Morgan fingerprint density at radius 3 is 1.29 bits per heavy atom. The van der Waals surface area contributed by atoms with Gasteiger partial charge in [-0.15, -0.1) is 37.2 Å². The molecule has 0 radical (unpaired) electrons. The fourth-order valence-corrected chi connectivity index (χ4v) is 0. The molecular formula is C2H8Cl3NO. The third-order valence-electron chi connectivity index (χ3n) is 0. The standard InChI is InChI=1S/C2H5NO.3ClH/c1-2(3)4;;;/h1H3,(H2,3,4);3*1H. The van der Waals surface area contributed by atoms with Crippen LogP contribution in [0.1, 0.15) is 6.92 Å². The van der Waals surface area contributed by atoms with Gasteiger partial charge in [-0.25, -0.2) is 0 Å². The summed E-state index contributed by atoms with van der Waals surface area (Å²) in [4.78, 5) is 9.22. The van der Waals surface area contributed by atoms with Crippen LogP contribution in [0.3, 0.4) is 0 Å². The number of carbonyl (C=O) groups is 1. The fraction of sp³-hybridized carbons (Fsp3) is 0.500. The third kappa shape index (κ3) is 1030. The molecule has 0 spiro atoms. The van der Waals surface area contributed by atoms with Gasteiger partial charge >= 0.3 is 0 Å². The first kappa shape index (κ1) is 26.4. The van der Waals surface area contributed by atoms with Gasteiger partial charge in [-0.05, 0) is 0 Å². The van der Waals surface area contributed by atoms with E-state index in [0.29, 0.717) is 0 Å². The zero-order valence-electron chi connectivity index (χ0n) is 3.71. The quantitative estimate of drug-likeness (QED) is 0.570. The van der Waals surface area contributed by atoms with E-state index in [9.17, 15) is 4.79 Å². The van der Waals surface area contributed by atoms with Crippen molar-refractivity contribution < 1.29 is 4.79 Å². The van der Waals surface area contributed by atoms with Gasteiger partial charge in [0.2, 0.25) is 5.91 Å². The second-order valence-corrected chi connectivity index (χ2v) is 0.611. The molecule has 0 unspecified atom stereocenters. The minimum absolute atomic E-state index is 0. The molecule has 2 N–H and O–H groups in total. The van der Waals surface area contributed by atoms with E-state index in [1.165, 1.54) is 6.92 Å². The predicted molar refractivity (Wildman–Crippen MR) is 36.6 cm³/mol. The van der Waals surface area contributed by atoms with E-state index in [1.807, 2.05) is 0 Å². The Hall–Kier alpha value is 0.340. The Labute approximate surface area is 61.1 Å². The van der Waals surface area contributed by atoms with Gasteiger partial charge in [0, 0.05) is 6.92 Å². The van der Waals surface area contributed by atoms with Crippen LogP contribution >= 0.6 is 37.2 Å². The molecule has 0 aromatic carbocycles. The largest absolute Gasteiger partial charge is 0.370 e. The molecular weight excluding hydrogens is 160 g/mol. The summed E-state index contributed by atoms with van der Waals surface area (Å²) in [6.07, 6.45) is 0. The lowest BCUT2D eigenvalue weighted by Gasteiger charge is -1.60. The second kappa shape index (κ2) is 16.2. The normalized spacial score (nSPS) is 3.57. The highest BCUT2D eigenvalue weighted by Gasteiger charge is 1.61. The van der Waals surface area contributed by atoms with Crippen LogP contribution in [0.5, 0.6) is 0 Å². The fourth-order valence-electron chi connectivity index (χ4n) is 0. The van der Waals surface area contributed by atoms with Crippen LogP contribution in [-0.4, -0.2) is 5.91 Å². The molecule has 0 saturated carbocycles. The molecule has 0 rings (SSSR count). The van der Waals surface area contributed by atoms with Gasteiger partial charge in [-0.2, -0.15) is 0 Å². The van der Waals surface area contributed by atoms with Crippen molar-refractivity contribution in [1.82, 2.24) is 0 Å². The summed E-state index contributed by atoms with van der Waals surface area (Å²) in [5, 5.41) is 0. The molecule has 0 aliphatic carbocycles. The van der Waals surface area contributed by atoms with Gasteiger partial charge in [0.15, 0.2) is 0 Å². The highest BCUT2D eigenvalue weighted by Crippen LogP contribution is 1.33. The van der Waals surface area contributed by atoms with Crippen molar-refractivity contribution in [2.24, 2.45) is 5.73 Å². The Balaban J connectivity index is -0.0000000150. The Morgan fingerprint density at radius 2 is 1.29 bits per heavy atom. The van der Waals surface area contributed by atoms with Gasteiger partial charge in [0.1, 0.15) is 0 Å². The summed E-state index contributed by atoms with van der Waals surface area (Å²) in [5.41, 5.74) is 4.47. The van der Waals surface area contributed by atoms with Gasteiger partial charge in [-0.3, -0.25) is 4.79 Å². The number of nitrogens with two attached hydrogens (primary N) is 1. The molecule has 0 aromatic heterocycles. The van der Waals surface area contributed by atoms with Gasteiger partial charge < -0.3 is 5.73 Å². The topological polar surface area (TPSA) is 43.1 Å². The smallest absolute Gasteiger partial charge is 0.214 e. The Morgan fingerprint density at radius 1 is 1.29 bits per heavy atom. The van der Waals surface area contributed by atoms with Gasteiger partial charge in [0.25, 0.3) is 0 Å². The predicted octanol–water partition coefficient (Wildman–Crippen LogP) is 0.757.